The molecule has 0 bridgehead atoms. The van der Waals surface area contributed by atoms with Crippen molar-refractivity contribution in [1.29, 1.82) is 0 Å². The van der Waals surface area contributed by atoms with Crippen LogP contribution in [-0.4, -0.2) is 53.0 Å². The number of para-hydroxylation sites is 1. The molecule has 8 heteroatoms. The second-order valence-corrected chi connectivity index (χ2v) is 4.74. The lowest BCUT2D eigenvalue weighted by atomic mass is 10.3. The number of nitrogens with one attached hydrogen (secondary N) is 1. The van der Waals surface area contributed by atoms with Crippen molar-refractivity contribution in [1.82, 2.24) is 25.2 Å². The van der Waals surface area contributed by atoms with Crippen molar-refractivity contribution in [3.63, 3.8) is 0 Å². The van der Waals surface area contributed by atoms with E-state index in [2.05, 4.69) is 15.6 Å². The van der Waals surface area contributed by atoms with Crippen LogP contribution in [0.2, 0.25) is 5.02 Å². The summed E-state index contributed by atoms with van der Waals surface area (Å²) in [4.78, 5) is 13.7. The molecule has 2 rings (SSSR count). The second-order valence-electron chi connectivity index (χ2n) is 4.33. The van der Waals surface area contributed by atoms with Crippen LogP contribution in [0.15, 0.2) is 30.5 Å². The molecule has 1 heterocycles. The minimum absolute atomic E-state index is 0. The largest absolute Gasteiger partial charge is 0.339 e. The summed E-state index contributed by atoms with van der Waals surface area (Å²) >= 11 is 6.09. The average Bonchev–Trinajstić information content (AvgIpc) is 2.94. The number of rotatable bonds is 5. The summed E-state index contributed by atoms with van der Waals surface area (Å²) in [5.41, 5.74) is 0.988. The average molecular weight is 330 g/mol. The Bertz CT molecular complexity index is 602. The molecule has 0 spiro atoms. The third-order valence-corrected chi connectivity index (χ3v) is 3.18. The van der Waals surface area contributed by atoms with Crippen molar-refractivity contribution in [3.8, 4) is 5.69 Å². The first kappa shape index (κ1) is 17.4. The number of carbonyl (C=O) groups excluding carboxylic acids is 1. The minimum atomic E-state index is -0.168. The number of halogens is 2. The molecule has 0 aliphatic heterocycles. The van der Waals surface area contributed by atoms with Gasteiger partial charge in [-0.05, 0) is 19.2 Å². The van der Waals surface area contributed by atoms with Crippen LogP contribution in [0.1, 0.15) is 10.5 Å². The van der Waals surface area contributed by atoms with Crippen molar-refractivity contribution in [2.75, 3.05) is 27.2 Å². The van der Waals surface area contributed by atoms with E-state index in [1.165, 1.54) is 4.68 Å². The van der Waals surface area contributed by atoms with E-state index in [1.54, 1.807) is 24.2 Å². The molecule has 0 atom stereocenters. The van der Waals surface area contributed by atoms with Gasteiger partial charge in [-0.3, -0.25) is 4.79 Å². The highest BCUT2D eigenvalue weighted by Gasteiger charge is 2.16. The Morgan fingerprint density at radius 1 is 1.43 bits per heavy atom. The van der Waals surface area contributed by atoms with Gasteiger partial charge in [-0.1, -0.05) is 28.9 Å². The molecular formula is C13H17Cl2N5O. The lowest BCUT2D eigenvalue weighted by Gasteiger charge is -2.14. The Morgan fingerprint density at radius 2 is 2.14 bits per heavy atom. The van der Waals surface area contributed by atoms with E-state index in [0.717, 1.165) is 6.54 Å². The molecule has 0 radical (unpaired) electrons. The number of amides is 1. The second kappa shape index (κ2) is 7.97. The van der Waals surface area contributed by atoms with E-state index in [4.69, 9.17) is 11.6 Å². The van der Waals surface area contributed by atoms with E-state index >= 15 is 0 Å². The van der Waals surface area contributed by atoms with E-state index in [0.29, 0.717) is 22.9 Å². The molecule has 0 unspecified atom stereocenters. The molecule has 21 heavy (non-hydrogen) atoms. The van der Waals surface area contributed by atoms with Gasteiger partial charge < -0.3 is 10.2 Å². The highest BCUT2D eigenvalue weighted by Crippen LogP contribution is 2.18. The molecule has 0 aliphatic carbocycles. The maximum atomic E-state index is 12.1. The Labute approximate surface area is 134 Å². The van der Waals surface area contributed by atoms with Crippen LogP contribution in [0, 0.1) is 0 Å². The highest BCUT2D eigenvalue weighted by molar-refractivity contribution is 6.32. The van der Waals surface area contributed by atoms with E-state index in [-0.39, 0.29) is 18.3 Å². The Balaban J connectivity index is 0.00000220. The predicted molar refractivity (Wildman–Crippen MR) is 84.5 cm³/mol. The van der Waals surface area contributed by atoms with Gasteiger partial charge in [-0.15, -0.1) is 17.5 Å². The van der Waals surface area contributed by atoms with Gasteiger partial charge in [0.05, 0.1) is 16.9 Å². The van der Waals surface area contributed by atoms with Crippen LogP contribution in [0.5, 0.6) is 0 Å². The zero-order valence-electron chi connectivity index (χ0n) is 11.8. The monoisotopic (exact) mass is 329 g/mol. The van der Waals surface area contributed by atoms with E-state index in [9.17, 15) is 4.79 Å². The molecule has 1 N–H and O–H groups in total. The molecule has 2 aromatic rings. The summed E-state index contributed by atoms with van der Waals surface area (Å²) in [6.45, 7) is 1.33. The van der Waals surface area contributed by atoms with Gasteiger partial charge in [0.2, 0.25) is 0 Å². The van der Waals surface area contributed by atoms with Gasteiger partial charge in [-0.2, -0.15) is 0 Å². The first-order valence-corrected chi connectivity index (χ1v) is 6.58. The first-order valence-electron chi connectivity index (χ1n) is 6.21. The zero-order valence-corrected chi connectivity index (χ0v) is 13.4. The Morgan fingerprint density at radius 3 is 2.81 bits per heavy atom. The molecule has 0 fully saturated rings. The number of benzene rings is 1. The van der Waals surface area contributed by atoms with Crippen molar-refractivity contribution >= 4 is 29.9 Å². The molecule has 0 saturated heterocycles. The minimum Gasteiger partial charge on any atom is -0.339 e. The fourth-order valence-corrected chi connectivity index (χ4v) is 1.92. The summed E-state index contributed by atoms with van der Waals surface area (Å²) in [5.74, 6) is -0.168. The molecule has 0 saturated carbocycles. The SMILES string of the molecule is CNCCN(C)C(=O)c1cn(-c2ccccc2Cl)nn1.Cl. The number of hydrogen-bond donors (Lipinski definition) is 1. The molecule has 6 nitrogen and oxygen atoms in total. The maximum absolute atomic E-state index is 12.1. The van der Waals surface area contributed by atoms with Crippen molar-refractivity contribution in [3.05, 3.63) is 41.2 Å². The standard InChI is InChI=1S/C13H16ClN5O.ClH/c1-15-7-8-18(2)13(20)11-9-19(17-16-11)12-6-4-3-5-10(12)14;/h3-6,9,15H,7-8H2,1-2H3;1H. The normalized spacial score (nSPS) is 10.0. The van der Waals surface area contributed by atoms with Gasteiger partial charge in [0, 0.05) is 20.1 Å². The predicted octanol–water partition coefficient (Wildman–Crippen LogP) is 1.63. The van der Waals surface area contributed by atoms with Gasteiger partial charge in [0.1, 0.15) is 0 Å². The van der Waals surface area contributed by atoms with Gasteiger partial charge in [0.25, 0.3) is 5.91 Å². The summed E-state index contributed by atoms with van der Waals surface area (Å²) < 4.78 is 1.50. The summed E-state index contributed by atoms with van der Waals surface area (Å²) in [6.07, 6.45) is 1.58. The first-order chi connectivity index (χ1) is 9.63. The highest BCUT2D eigenvalue weighted by atomic mass is 35.5. The zero-order chi connectivity index (χ0) is 14.5. The van der Waals surface area contributed by atoms with Gasteiger partial charge in [-0.25, -0.2) is 4.68 Å². The Hall–Kier alpha value is -1.63. The maximum Gasteiger partial charge on any atom is 0.275 e. The number of nitrogens with zero attached hydrogens (tertiary/aromatic N) is 4. The third-order valence-electron chi connectivity index (χ3n) is 2.86. The summed E-state index contributed by atoms with van der Waals surface area (Å²) in [6, 6.07) is 7.26. The van der Waals surface area contributed by atoms with Crippen LogP contribution < -0.4 is 5.32 Å². The summed E-state index contributed by atoms with van der Waals surface area (Å²) in [5, 5.41) is 11.4. The molecule has 1 aromatic heterocycles. The van der Waals surface area contributed by atoms with Crippen molar-refractivity contribution in [2.24, 2.45) is 0 Å². The van der Waals surface area contributed by atoms with E-state index < -0.39 is 0 Å². The fourth-order valence-electron chi connectivity index (χ4n) is 1.69. The van der Waals surface area contributed by atoms with Crippen LogP contribution in [0.25, 0.3) is 5.69 Å². The molecule has 1 amide bonds. The number of hydrogen-bond acceptors (Lipinski definition) is 4. The van der Waals surface area contributed by atoms with Gasteiger partial charge >= 0.3 is 0 Å². The lowest BCUT2D eigenvalue weighted by Crippen LogP contribution is -2.33. The third kappa shape index (κ3) is 4.17. The molecule has 0 aliphatic rings. The fraction of sp³-hybridized carbons (Fsp3) is 0.308. The van der Waals surface area contributed by atoms with E-state index in [1.807, 2.05) is 25.2 Å². The molecular weight excluding hydrogens is 313 g/mol. The van der Waals surface area contributed by atoms with Gasteiger partial charge in [0.15, 0.2) is 5.69 Å². The molecule has 1 aromatic carbocycles. The van der Waals surface area contributed by atoms with Crippen molar-refractivity contribution < 1.29 is 4.79 Å². The van der Waals surface area contributed by atoms with Crippen LogP contribution >= 0.6 is 24.0 Å². The van der Waals surface area contributed by atoms with Crippen LogP contribution in [-0.2, 0) is 0 Å². The quantitative estimate of drug-likeness (QED) is 0.905. The molecule has 114 valence electrons. The lowest BCUT2D eigenvalue weighted by molar-refractivity contribution is 0.0791. The topological polar surface area (TPSA) is 63.1 Å². The number of carbonyl (C=O) groups is 1. The van der Waals surface area contributed by atoms with Crippen LogP contribution in [0.4, 0.5) is 0 Å². The number of likely N-dealkylation sites (N-methyl/N-ethyl adjacent to an activating group) is 2. The number of aromatic nitrogens is 3. The summed E-state index contributed by atoms with van der Waals surface area (Å²) in [7, 11) is 3.57. The Kier molecular flexibility index (Phi) is 6.61. The van der Waals surface area contributed by atoms with Crippen LogP contribution in [0.3, 0.4) is 0 Å². The smallest absolute Gasteiger partial charge is 0.275 e. The van der Waals surface area contributed by atoms with Crippen molar-refractivity contribution in [2.45, 2.75) is 0 Å².